The Labute approximate surface area is 154 Å². The average Bonchev–Trinajstić information content (AvgIpc) is 3.33. The van der Waals surface area contributed by atoms with E-state index in [2.05, 4.69) is 10.4 Å². The number of ether oxygens (including phenoxy) is 1. The minimum Gasteiger partial charge on any atom is -0.497 e. The number of aromatic nitrogens is 2. The molecule has 0 spiro atoms. The van der Waals surface area contributed by atoms with Crippen molar-refractivity contribution < 1.29 is 9.53 Å². The second kappa shape index (κ2) is 7.01. The number of amides is 1. The topological polar surface area (TPSA) is 56.1 Å². The number of hydrogen-bond donors (Lipinski definition) is 1. The molecular formula is C20H17N3O2S. The van der Waals surface area contributed by atoms with Crippen LogP contribution in [-0.2, 0) is 6.54 Å². The van der Waals surface area contributed by atoms with Crippen LogP contribution in [0.1, 0.15) is 15.4 Å². The van der Waals surface area contributed by atoms with Gasteiger partial charge in [-0.3, -0.25) is 4.79 Å². The lowest BCUT2D eigenvalue weighted by molar-refractivity contribution is 0.0954. The van der Waals surface area contributed by atoms with Crippen molar-refractivity contribution in [3.8, 4) is 11.4 Å². The normalized spacial score (nSPS) is 10.8. The first-order valence-corrected chi connectivity index (χ1v) is 9.00. The third kappa shape index (κ3) is 3.32. The maximum atomic E-state index is 12.4. The standard InChI is InChI=1S/C20H17N3O2S/c1-25-17-8-6-16(7-9-17)23-11-10-15(22-23)13-21-20(24)19-12-14-4-2-3-5-18(14)26-19/h2-12H,13H2,1H3,(H,21,24). The molecule has 2 aromatic heterocycles. The summed E-state index contributed by atoms with van der Waals surface area (Å²) in [6.45, 7) is 0.385. The number of thiophene rings is 1. The van der Waals surface area contributed by atoms with Crippen molar-refractivity contribution in [2.24, 2.45) is 0 Å². The van der Waals surface area contributed by atoms with Gasteiger partial charge in [0.1, 0.15) is 5.75 Å². The molecule has 0 saturated heterocycles. The van der Waals surface area contributed by atoms with E-state index in [1.165, 1.54) is 11.3 Å². The molecule has 0 saturated carbocycles. The first-order chi connectivity index (χ1) is 12.7. The summed E-state index contributed by atoms with van der Waals surface area (Å²) in [6, 6.07) is 19.5. The zero-order chi connectivity index (χ0) is 17.9. The van der Waals surface area contributed by atoms with Gasteiger partial charge in [0.2, 0.25) is 0 Å². The van der Waals surface area contributed by atoms with Crippen LogP contribution in [-0.4, -0.2) is 22.8 Å². The first-order valence-electron chi connectivity index (χ1n) is 8.19. The molecule has 5 nitrogen and oxygen atoms in total. The molecule has 4 rings (SSSR count). The summed E-state index contributed by atoms with van der Waals surface area (Å²) in [4.78, 5) is 13.1. The van der Waals surface area contributed by atoms with Crippen molar-refractivity contribution in [2.45, 2.75) is 6.54 Å². The first kappa shape index (κ1) is 16.4. The molecule has 0 radical (unpaired) electrons. The molecule has 0 atom stereocenters. The van der Waals surface area contributed by atoms with Crippen molar-refractivity contribution >= 4 is 27.3 Å². The number of rotatable bonds is 5. The summed E-state index contributed by atoms with van der Waals surface area (Å²) in [5.41, 5.74) is 1.74. The Morgan fingerprint density at radius 1 is 1.15 bits per heavy atom. The average molecular weight is 363 g/mol. The molecular weight excluding hydrogens is 346 g/mol. The highest BCUT2D eigenvalue weighted by Gasteiger charge is 2.10. The molecule has 1 amide bonds. The Morgan fingerprint density at radius 3 is 2.73 bits per heavy atom. The van der Waals surface area contributed by atoms with Crippen LogP contribution in [0.4, 0.5) is 0 Å². The number of carbonyl (C=O) groups excluding carboxylic acids is 1. The maximum Gasteiger partial charge on any atom is 0.261 e. The van der Waals surface area contributed by atoms with E-state index in [4.69, 9.17) is 4.74 Å². The quantitative estimate of drug-likeness (QED) is 0.582. The van der Waals surface area contributed by atoms with Crippen LogP contribution < -0.4 is 10.1 Å². The fourth-order valence-electron chi connectivity index (χ4n) is 2.69. The van der Waals surface area contributed by atoms with E-state index in [1.54, 1.807) is 11.8 Å². The van der Waals surface area contributed by atoms with E-state index in [-0.39, 0.29) is 5.91 Å². The molecule has 0 aliphatic carbocycles. The SMILES string of the molecule is COc1ccc(-n2ccc(CNC(=O)c3cc4ccccc4s3)n2)cc1. The van der Waals surface area contributed by atoms with Crippen LogP contribution in [0.25, 0.3) is 15.8 Å². The Balaban J connectivity index is 1.43. The minimum atomic E-state index is -0.0785. The zero-order valence-corrected chi connectivity index (χ0v) is 15.0. The molecule has 0 aliphatic heterocycles. The zero-order valence-electron chi connectivity index (χ0n) is 14.2. The molecule has 130 valence electrons. The van der Waals surface area contributed by atoms with Crippen LogP contribution >= 0.6 is 11.3 Å². The van der Waals surface area contributed by atoms with Crippen molar-refractivity contribution in [1.82, 2.24) is 15.1 Å². The highest BCUT2D eigenvalue weighted by Crippen LogP contribution is 2.25. The van der Waals surface area contributed by atoms with Gasteiger partial charge in [-0.1, -0.05) is 18.2 Å². The molecule has 2 heterocycles. The molecule has 0 bridgehead atoms. The van der Waals surface area contributed by atoms with Crippen molar-refractivity contribution in [3.05, 3.63) is 77.4 Å². The molecule has 2 aromatic carbocycles. The van der Waals surface area contributed by atoms with Gasteiger partial charge in [-0.15, -0.1) is 11.3 Å². The predicted molar refractivity (Wildman–Crippen MR) is 103 cm³/mol. The lowest BCUT2D eigenvalue weighted by Gasteiger charge is -2.04. The maximum absolute atomic E-state index is 12.4. The van der Waals surface area contributed by atoms with E-state index in [0.717, 1.165) is 27.2 Å². The smallest absolute Gasteiger partial charge is 0.261 e. The lowest BCUT2D eigenvalue weighted by atomic mass is 10.2. The van der Waals surface area contributed by atoms with Gasteiger partial charge in [0, 0.05) is 10.9 Å². The highest BCUT2D eigenvalue weighted by atomic mass is 32.1. The van der Waals surface area contributed by atoms with Crippen LogP contribution in [0, 0.1) is 0 Å². The molecule has 0 fully saturated rings. The summed E-state index contributed by atoms with van der Waals surface area (Å²) in [6.07, 6.45) is 1.88. The summed E-state index contributed by atoms with van der Waals surface area (Å²) in [7, 11) is 1.64. The van der Waals surface area contributed by atoms with Gasteiger partial charge in [-0.2, -0.15) is 5.10 Å². The fraction of sp³-hybridized carbons (Fsp3) is 0.100. The highest BCUT2D eigenvalue weighted by molar-refractivity contribution is 7.20. The Kier molecular flexibility index (Phi) is 4.41. The number of fused-ring (bicyclic) bond motifs is 1. The number of hydrogen-bond acceptors (Lipinski definition) is 4. The molecule has 26 heavy (non-hydrogen) atoms. The molecule has 0 unspecified atom stereocenters. The van der Waals surface area contributed by atoms with Gasteiger partial charge in [0.25, 0.3) is 5.91 Å². The summed E-state index contributed by atoms with van der Waals surface area (Å²) >= 11 is 1.50. The third-order valence-electron chi connectivity index (χ3n) is 4.06. The van der Waals surface area contributed by atoms with E-state index < -0.39 is 0 Å². The van der Waals surface area contributed by atoms with Crippen molar-refractivity contribution in [2.75, 3.05) is 7.11 Å². The van der Waals surface area contributed by atoms with Crippen LogP contribution in [0.3, 0.4) is 0 Å². The van der Waals surface area contributed by atoms with Gasteiger partial charge >= 0.3 is 0 Å². The number of nitrogens with zero attached hydrogens (tertiary/aromatic N) is 2. The second-order valence-corrected chi connectivity index (χ2v) is 6.86. The van der Waals surface area contributed by atoms with Gasteiger partial charge in [0.15, 0.2) is 0 Å². The Morgan fingerprint density at radius 2 is 1.96 bits per heavy atom. The summed E-state index contributed by atoms with van der Waals surface area (Å²) in [5, 5.41) is 8.53. The third-order valence-corrected chi connectivity index (χ3v) is 5.18. The summed E-state index contributed by atoms with van der Waals surface area (Å²) in [5.74, 6) is 0.724. The Bertz CT molecular complexity index is 1020. The van der Waals surface area contributed by atoms with Gasteiger partial charge in [-0.05, 0) is 47.9 Å². The minimum absolute atomic E-state index is 0.0785. The van der Waals surface area contributed by atoms with E-state index in [9.17, 15) is 4.79 Å². The summed E-state index contributed by atoms with van der Waals surface area (Å²) < 4.78 is 8.05. The van der Waals surface area contributed by atoms with E-state index in [0.29, 0.717) is 11.4 Å². The number of carbonyl (C=O) groups is 1. The number of nitrogens with one attached hydrogen (secondary N) is 1. The van der Waals surface area contributed by atoms with Gasteiger partial charge in [0.05, 0.1) is 29.9 Å². The molecule has 4 aromatic rings. The molecule has 0 aliphatic rings. The van der Waals surface area contributed by atoms with Gasteiger partial charge in [-0.25, -0.2) is 4.68 Å². The van der Waals surface area contributed by atoms with Crippen LogP contribution in [0.2, 0.25) is 0 Å². The predicted octanol–water partition coefficient (Wildman–Crippen LogP) is 4.03. The molecule has 6 heteroatoms. The molecule has 1 N–H and O–H groups in total. The van der Waals surface area contributed by atoms with Crippen LogP contribution in [0.15, 0.2) is 66.9 Å². The second-order valence-electron chi connectivity index (χ2n) is 5.78. The van der Waals surface area contributed by atoms with Crippen LogP contribution in [0.5, 0.6) is 5.75 Å². The Hall–Kier alpha value is -3.12. The number of methoxy groups -OCH3 is 1. The van der Waals surface area contributed by atoms with E-state index >= 15 is 0 Å². The number of benzene rings is 2. The fourth-order valence-corrected chi connectivity index (χ4v) is 3.67. The van der Waals surface area contributed by atoms with E-state index in [1.807, 2.05) is 66.9 Å². The lowest BCUT2D eigenvalue weighted by Crippen LogP contribution is -2.22. The van der Waals surface area contributed by atoms with Gasteiger partial charge < -0.3 is 10.1 Å². The largest absolute Gasteiger partial charge is 0.497 e. The monoisotopic (exact) mass is 363 g/mol. The van der Waals surface area contributed by atoms with Crippen molar-refractivity contribution in [3.63, 3.8) is 0 Å². The van der Waals surface area contributed by atoms with Crippen molar-refractivity contribution in [1.29, 1.82) is 0 Å².